The third-order valence-corrected chi connectivity index (χ3v) is 3.90. The first-order valence-electron chi connectivity index (χ1n) is 5.78. The van der Waals surface area contributed by atoms with Gasteiger partial charge in [-0.25, -0.2) is 0 Å². The maximum Gasteiger partial charge on any atom is 0.140 e. The van der Waals surface area contributed by atoms with Gasteiger partial charge in [0.2, 0.25) is 0 Å². The molecule has 19 heavy (non-hydrogen) atoms. The Morgan fingerprint density at radius 3 is 2.68 bits per heavy atom. The van der Waals surface area contributed by atoms with E-state index in [0.717, 1.165) is 21.3 Å². The van der Waals surface area contributed by atoms with Gasteiger partial charge in [-0.15, -0.1) is 0 Å². The van der Waals surface area contributed by atoms with Gasteiger partial charge in [-0.1, -0.05) is 45.7 Å². The number of nitrogens with zero attached hydrogens (tertiary/aromatic N) is 1. The van der Waals surface area contributed by atoms with Crippen LogP contribution in [0.2, 0.25) is 5.02 Å². The minimum Gasteiger partial charge on any atom is -0.366 e. The summed E-state index contributed by atoms with van der Waals surface area (Å²) in [7, 11) is 0. The van der Waals surface area contributed by atoms with Gasteiger partial charge in [0.05, 0.1) is 6.07 Å². The zero-order valence-corrected chi connectivity index (χ0v) is 12.7. The minimum absolute atomic E-state index is 0.398. The average molecular weight is 336 g/mol. The van der Waals surface area contributed by atoms with Gasteiger partial charge < -0.3 is 5.32 Å². The van der Waals surface area contributed by atoms with Crippen LogP contribution in [0.1, 0.15) is 17.2 Å². The Labute approximate surface area is 126 Å². The normalized spacial score (nSPS) is 11.7. The van der Waals surface area contributed by atoms with Crippen molar-refractivity contribution in [2.75, 3.05) is 5.32 Å². The zero-order valence-electron chi connectivity index (χ0n) is 10.3. The molecule has 0 saturated carbocycles. The second kappa shape index (κ2) is 6.10. The van der Waals surface area contributed by atoms with Crippen LogP contribution in [0.5, 0.6) is 0 Å². The molecule has 0 fully saturated rings. The molecular weight excluding hydrogens is 324 g/mol. The summed E-state index contributed by atoms with van der Waals surface area (Å²) >= 11 is 9.39. The van der Waals surface area contributed by atoms with Gasteiger partial charge in [0.25, 0.3) is 0 Å². The largest absolute Gasteiger partial charge is 0.366 e. The summed E-state index contributed by atoms with van der Waals surface area (Å²) in [5.74, 6) is 0. The van der Waals surface area contributed by atoms with Crippen molar-refractivity contribution in [2.24, 2.45) is 0 Å². The molecule has 96 valence electrons. The molecule has 0 aliphatic rings. The summed E-state index contributed by atoms with van der Waals surface area (Å²) in [5, 5.41) is 13.1. The molecule has 0 spiro atoms. The Hall–Kier alpha value is -1.50. The first-order valence-corrected chi connectivity index (χ1v) is 6.95. The summed E-state index contributed by atoms with van der Waals surface area (Å²) in [6.07, 6.45) is 0. The van der Waals surface area contributed by atoms with Crippen LogP contribution in [0, 0.1) is 18.3 Å². The summed E-state index contributed by atoms with van der Waals surface area (Å²) in [4.78, 5) is 0. The first kappa shape index (κ1) is 13.9. The molecular formula is C15H12BrClN2. The quantitative estimate of drug-likeness (QED) is 0.848. The number of benzene rings is 2. The lowest BCUT2D eigenvalue weighted by Crippen LogP contribution is -2.08. The van der Waals surface area contributed by atoms with Crippen molar-refractivity contribution in [3.63, 3.8) is 0 Å². The number of halogens is 2. The molecule has 2 aromatic rings. The highest BCUT2D eigenvalue weighted by atomic mass is 79.9. The average Bonchev–Trinajstić information content (AvgIpc) is 2.39. The summed E-state index contributed by atoms with van der Waals surface area (Å²) in [6, 6.07) is 15.1. The number of nitrogens with one attached hydrogen (secondary N) is 1. The van der Waals surface area contributed by atoms with E-state index < -0.39 is 6.04 Å². The highest BCUT2D eigenvalue weighted by molar-refractivity contribution is 9.10. The van der Waals surface area contributed by atoms with E-state index in [1.165, 1.54) is 0 Å². The van der Waals surface area contributed by atoms with Crippen LogP contribution in [-0.2, 0) is 0 Å². The molecule has 2 nitrogen and oxygen atoms in total. The highest BCUT2D eigenvalue weighted by Gasteiger charge is 2.11. The van der Waals surface area contributed by atoms with Gasteiger partial charge in [0.1, 0.15) is 6.04 Å². The monoisotopic (exact) mass is 334 g/mol. The van der Waals surface area contributed by atoms with Gasteiger partial charge in [0, 0.05) is 15.2 Å². The minimum atomic E-state index is -0.398. The van der Waals surface area contributed by atoms with Crippen molar-refractivity contribution in [3.05, 3.63) is 63.1 Å². The van der Waals surface area contributed by atoms with Crippen LogP contribution in [0.4, 0.5) is 5.69 Å². The van der Waals surface area contributed by atoms with E-state index in [1.54, 1.807) is 12.1 Å². The second-order valence-electron chi connectivity index (χ2n) is 4.23. The van der Waals surface area contributed by atoms with Crippen molar-refractivity contribution in [3.8, 4) is 6.07 Å². The first-order chi connectivity index (χ1) is 9.10. The molecule has 0 amide bonds. The molecule has 0 aliphatic heterocycles. The van der Waals surface area contributed by atoms with Crippen LogP contribution < -0.4 is 5.32 Å². The summed E-state index contributed by atoms with van der Waals surface area (Å²) < 4.78 is 1.04. The van der Waals surface area contributed by atoms with Crippen LogP contribution in [0.15, 0.2) is 46.9 Å². The maximum absolute atomic E-state index is 9.31. The lowest BCUT2D eigenvalue weighted by molar-refractivity contribution is 0.993. The van der Waals surface area contributed by atoms with E-state index in [1.807, 2.05) is 37.3 Å². The van der Waals surface area contributed by atoms with Gasteiger partial charge in [-0.05, 0) is 42.3 Å². The molecule has 1 N–H and O–H groups in total. The van der Waals surface area contributed by atoms with Crippen LogP contribution in [0.3, 0.4) is 0 Å². The molecule has 2 rings (SSSR count). The van der Waals surface area contributed by atoms with Crippen molar-refractivity contribution >= 4 is 33.2 Å². The van der Waals surface area contributed by atoms with Crippen LogP contribution >= 0.6 is 27.5 Å². The Morgan fingerprint density at radius 2 is 2.05 bits per heavy atom. The fourth-order valence-corrected chi connectivity index (χ4v) is 2.22. The second-order valence-corrected chi connectivity index (χ2v) is 5.52. The van der Waals surface area contributed by atoms with E-state index in [-0.39, 0.29) is 0 Å². The fraction of sp³-hybridized carbons (Fsp3) is 0.133. The highest BCUT2D eigenvalue weighted by Crippen LogP contribution is 2.25. The lowest BCUT2D eigenvalue weighted by Gasteiger charge is -2.14. The molecule has 0 aliphatic carbocycles. The van der Waals surface area contributed by atoms with E-state index in [2.05, 4.69) is 27.3 Å². The Balaban J connectivity index is 2.25. The number of rotatable bonds is 3. The molecule has 0 saturated heterocycles. The molecule has 1 unspecified atom stereocenters. The SMILES string of the molecule is Cc1cc(C(C#N)Nc2cccc(Cl)c2)ccc1Br. The zero-order chi connectivity index (χ0) is 13.8. The summed E-state index contributed by atoms with van der Waals surface area (Å²) in [6.45, 7) is 2.00. The molecule has 2 aromatic carbocycles. The molecule has 0 radical (unpaired) electrons. The molecule has 0 bridgehead atoms. The predicted octanol–water partition coefficient (Wildman–Crippen LogP) is 5.09. The molecule has 4 heteroatoms. The third-order valence-electron chi connectivity index (χ3n) is 2.78. The smallest absolute Gasteiger partial charge is 0.140 e. The standard InChI is InChI=1S/C15H12BrClN2/c1-10-7-11(5-6-14(10)16)15(9-18)19-13-4-2-3-12(17)8-13/h2-8,15,19H,1H3. The predicted molar refractivity (Wildman–Crippen MR) is 82.3 cm³/mol. The Kier molecular flexibility index (Phi) is 4.47. The fourth-order valence-electron chi connectivity index (χ4n) is 1.78. The van der Waals surface area contributed by atoms with Gasteiger partial charge in [-0.3, -0.25) is 0 Å². The topological polar surface area (TPSA) is 35.8 Å². The van der Waals surface area contributed by atoms with E-state index in [4.69, 9.17) is 11.6 Å². The number of hydrogen-bond donors (Lipinski definition) is 1. The maximum atomic E-state index is 9.31. The van der Waals surface area contributed by atoms with Crippen molar-refractivity contribution in [1.82, 2.24) is 0 Å². The van der Waals surface area contributed by atoms with Gasteiger partial charge in [-0.2, -0.15) is 5.26 Å². The van der Waals surface area contributed by atoms with Crippen LogP contribution in [-0.4, -0.2) is 0 Å². The molecule has 0 heterocycles. The lowest BCUT2D eigenvalue weighted by atomic mass is 10.1. The van der Waals surface area contributed by atoms with Crippen molar-refractivity contribution in [2.45, 2.75) is 13.0 Å². The number of aryl methyl sites for hydroxylation is 1. The third kappa shape index (κ3) is 3.50. The van der Waals surface area contributed by atoms with Gasteiger partial charge >= 0.3 is 0 Å². The number of anilines is 1. The number of nitriles is 1. The van der Waals surface area contributed by atoms with Crippen LogP contribution in [0.25, 0.3) is 0 Å². The number of hydrogen-bond acceptors (Lipinski definition) is 2. The van der Waals surface area contributed by atoms with Crippen molar-refractivity contribution < 1.29 is 0 Å². The van der Waals surface area contributed by atoms with E-state index >= 15 is 0 Å². The summed E-state index contributed by atoms with van der Waals surface area (Å²) in [5.41, 5.74) is 2.87. The Morgan fingerprint density at radius 1 is 1.26 bits per heavy atom. The van der Waals surface area contributed by atoms with Crippen molar-refractivity contribution in [1.29, 1.82) is 5.26 Å². The molecule has 1 atom stereocenters. The Bertz CT molecular complexity index is 634. The molecule has 0 aromatic heterocycles. The van der Waals surface area contributed by atoms with E-state index in [9.17, 15) is 5.26 Å². The van der Waals surface area contributed by atoms with Gasteiger partial charge in [0.15, 0.2) is 0 Å². The van der Waals surface area contributed by atoms with E-state index in [0.29, 0.717) is 5.02 Å².